The second-order valence-corrected chi connectivity index (χ2v) is 6.18. The lowest BCUT2D eigenvalue weighted by atomic mass is 10.2. The van der Waals surface area contributed by atoms with Gasteiger partial charge >= 0.3 is 0 Å². The Morgan fingerprint density at radius 3 is 3.00 bits per heavy atom. The van der Waals surface area contributed by atoms with Gasteiger partial charge in [0.05, 0.1) is 22.9 Å². The van der Waals surface area contributed by atoms with Crippen LogP contribution >= 0.6 is 27.3 Å². The van der Waals surface area contributed by atoms with Crippen molar-refractivity contribution >= 4 is 33.2 Å². The number of carbonyl (C=O) groups excluding carboxylic acids is 1. The third kappa shape index (κ3) is 6.16. The van der Waals surface area contributed by atoms with E-state index in [1.165, 1.54) is 7.11 Å². The molecule has 0 aliphatic carbocycles. The van der Waals surface area contributed by atoms with Crippen LogP contribution in [-0.2, 0) is 16.0 Å². The fraction of sp³-hybridized carbons (Fsp3) is 0.545. The van der Waals surface area contributed by atoms with Gasteiger partial charge in [0.2, 0.25) is 5.91 Å². The standard InChI is InChI=1S/C11H16BrNO3S/c1-16-7-8(14)4-5-13-11(15)6-9-2-3-10(12)17-9/h2-3,8,14H,4-7H2,1H3,(H,13,15). The summed E-state index contributed by atoms with van der Waals surface area (Å²) < 4.78 is 5.82. The second-order valence-electron chi connectivity index (χ2n) is 3.63. The lowest BCUT2D eigenvalue weighted by Gasteiger charge is -2.09. The fourth-order valence-corrected chi connectivity index (χ4v) is 2.80. The zero-order valence-corrected chi connectivity index (χ0v) is 12.0. The van der Waals surface area contributed by atoms with Crippen LogP contribution in [0.1, 0.15) is 11.3 Å². The predicted molar refractivity (Wildman–Crippen MR) is 71.2 cm³/mol. The molecule has 0 radical (unpaired) electrons. The van der Waals surface area contributed by atoms with Gasteiger partial charge in [0, 0.05) is 18.5 Å². The van der Waals surface area contributed by atoms with Gasteiger partial charge < -0.3 is 15.2 Å². The zero-order chi connectivity index (χ0) is 12.7. The van der Waals surface area contributed by atoms with Crippen LogP contribution in [0.15, 0.2) is 15.9 Å². The predicted octanol–water partition coefficient (Wildman–Crippen LogP) is 1.57. The molecular weight excluding hydrogens is 306 g/mol. The van der Waals surface area contributed by atoms with Gasteiger partial charge in [-0.2, -0.15) is 0 Å². The summed E-state index contributed by atoms with van der Waals surface area (Å²) in [7, 11) is 1.54. The number of amides is 1. The van der Waals surface area contributed by atoms with E-state index in [0.717, 1.165) is 8.66 Å². The molecule has 6 heteroatoms. The van der Waals surface area contributed by atoms with Crippen LogP contribution in [0.25, 0.3) is 0 Å². The van der Waals surface area contributed by atoms with Crippen LogP contribution in [0.2, 0.25) is 0 Å². The summed E-state index contributed by atoms with van der Waals surface area (Å²) in [6.45, 7) is 0.768. The van der Waals surface area contributed by atoms with Gasteiger partial charge in [-0.05, 0) is 34.5 Å². The Hall–Kier alpha value is -0.430. The van der Waals surface area contributed by atoms with Crippen molar-refractivity contribution in [1.29, 1.82) is 0 Å². The summed E-state index contributed by atoms with van der Waals surface area (Å²) in [5, 5.41) is 12.1. The normalized spacial score (nSPS) is 12.4. The molecule has 1 amide bonds. The second kappa shape index (κ2) is 7.81. The molecule has 96 valence electrons. The summed E-state index contributed by atoms with van der Waals surface area (Å²) in [5.74, 6) is -0.0241. The van der Waals surface area contributed by atoms with Gasteiger partial charge in [0.1, 0.15) is 0 Å². The molecule has 1 heterocycles. The smallest absolute Gasteiger partial charge is 0.225 e. The van der Waals surface area contributed by atoms with Crippen molar-refractivity contribution < 1.29 is 14.6 Å². The molecular formula is C11H16BrNO3S. The van der Waals surface area contributed by atoms with Crippen LogP contribution in [0.3, 0.4) is 0 Å². The van der Waals surface area contributed by atoms with E-state index in [1.807, 2.05) is 12.1 Å². The quantitative estimate of drug-likeness (QED) is 0.801. The number of halogens is 1. The lowest BCUT2D eigenvalue weighted by Crippen LogP contribution is -2.29. The molecule has 0 saturated heterocycles. The molecule has 0 aliphatic rings. The summed E-state index contributed by atoms with van der Waals surface area (Å²) in [5.41, 5.74) is 0. The number of ether oxygens (including phenoxy) is 1. The SMILES string of the molecule is COCC(O)CCNC(=O)Cc1ccc(Br)s1. The van der Waals surface area contributed by atoms with Crippen LogP contribution in [0, 0.1) is 0 Å². The molecule has 0 bridgehead atoms. The Morgan fingerprint density at radius 2 is 2.41 bits per heavy atom. The Kier molecular flexibility index (Phi) is 6.72. The molecule has 0 fully saturated rings. The average molecular weight is 322 g/mol. The monoisotopic (exact) mass is 321 g/mol. The van der Waals surface area contributed by atoms with Gasteiger partial charge in [-0.3, -0.25) is 4.79 Å². The zero-order valence-electron chi connectivity index (χ0n) is 9.61. The van der Waals surface area contributed by atoms with Gasteiger partial charge in [-0.15, -0.1) is 11.3 Å². The minimum Gasteiger partial charge on any atom is -0.391 e. The molecule has 1 aromatic rings. The summed E-state index contributed by atoms with van der Waals surface area (Å²) in [6, 6.07) is 3.85. The van der Waals surface area contributed by atoms with Crippen LogP contribution in [-0.4, -0.2) is 37.4 Å². The molecule has 1 aromatic heterocycles. The number of thiophene rings is 1. The highest BCUT2D eigenvalue weighted by Crippen LogP contribution is 2.22. The number of aliphatic hydroxyl groups is 1. The Morgan fingerprint density at radius 1 is 1.65 bits per heavy atom. The van der Waals surface area contributed by atoms with Gasteiger partial charge in [0.25, 0.3) is 0 Å². The van der Waals surface area contributed by atoms with E-state index in [9.17, 15) is 9.90 Å². The Balaban J connectivity index is 2.17. The van der Waals surface area contributed by atoms with E-state index in [4.69, 9.17) is 4.74 Å². The average Bonchev–Trinajstić information content (AvgIpc) is 2.64. The van der Waals surface area contributed by atoms with Gasteiger partial charge in [-0.25, -0.2) is 0 Å². The number of nitrogens with one attached hydrogen (secondary N) is 1. The van der Waals surface area contributed by atoms with Gasteiger partial charge in [0.15, 0.2) is 0 Å². The first-order valence-electron chi connectivity index (χ1n) is 5.29. The number of carbonyl (C=O) groups is 1. The minimum absolute atomic E-state index is 0.0241. The summed E-state index contributed by atoms with van der Waals surface area (Å²) in [4.78, 5) is 12.5. The highest BCUT2D eigenvalue weighted by Gasteiger charge is 2.07. The molecule has 1 rings (SSSR count). The van der Waals surface area contributed by atoms with E-state index in [1.54, 1.807) is 11.3 Å². The van der Waals surface area contributed by atoms with Crippen molar-refractivity contribution in [2.24, 2.45) is 0 Å². The van der Waals surface area contributed by atoms with Gasteiger partial charge in [-0.1, -0.05) is 0 Å². The maximum absolute atomic E-state index is 11.5. The first kappa shape index (κ1) is 14.6. The van der Waals surface area contributed by atoms with Crippen molar-refractivity contribution in [2.45, 2.75) is 18.9 Å². The van der Waals surface area contributed by atoms with E-state index < -0.39 is 6.10 Å². The number of hydrogen-bond donors (Lipinski definition) is 2. The fourth-order valence-electron chi connectivity index (χ4n) is 1.32. The third-order valence-corrected chi connectivity index (χ3v) is 3.75. The first-order valence-corrected chi connectivity index (χ1v) is 6.90. The van der Waals surface area contributed by atoms with Crippen molar-refractivity contribution in [1.82, 2.24) is 5.32 Å². The lowest BCUT2D eigenvalue weighted by molar-refractivity contribution is -0.120. The topological polar surface area (TPSA) is 58.6 Å². The van der Waals surface area contributed by atoms with E-state index in [2.05, 4.69) is 21.2 Å². The number of methoxy groups -OCH3 is 1. The highest BCUT2D eigenvalue weighted by molar-refractivity contribution is 9.11. The Labute approximate surface area is 113 Å². The number of aliphatic hydroxyl groups excluding tert-OH is 1. The molecule has 1 unspecified atom stereocenters. The van der Waals surface area contributed by atoms with Crippen LogP contribution in [0.5, 0.6) is 0 Å². The molecule has 0 spiro atoms. The van der Waals surface area contributed by atoms with Crippen LogP contribution < -0.4 is 5.32 Å². The minimum atomic E-state index is -0.517. The summed E-state index contributed by atoms with van der Waals surface area (Å²) in [6.07, 6.45) is 0.376. The molecule has 2 N–H and O–H groups in total. The Bertz CT molecular complexity index is 356. The van der Waals surface area contributed by atoms with E-state index >= 15 is 0 Å². The first-order chi connectivity index (χ1) is 8.11. The maximum atomic E-state index is 11.5. The largest absolute Gasteiger partial charge is 0.391 e. The molecule has 4 nitrogen and oxygen atoms in total. The van der Waals surface area contributed by atoms with Crippen molar-refractivity contribution in [3.63, 3.8) is 0 Å². The van der Waals surface area contributed by atoms with Crippen molar-refractivity contribution in [2.75, 3.05) is 20.3 Å². The summed E-state index contributed by atoms with van der Waals surface area (Å²) >= 11 is 4.90. The molecule has 0 aromatic carbocycles. The molecule has 0 saturated carbocycles. The van der Waals surface area contributed by atoms with Crippen LogP contribution in [0.4, 0.5) is 0 Å². The van der Waals surface area contributed by atoms with Crippen molar-refractivity contribution in [3.8, 4) is 0 Å². The maximum Gasteiger partial charge on any atom is 0.225 e. The highest BCUT2D eigenvalue weighted by atomic mass is 79.9. The molecule has 17 heavy (non-hydrogen) atoms. The van der Waals surface area contributed by atoms with Crippen molar-refractivity contribution in [3.05, 3.63) is 20.8 Å². The number of hydrogen-bond acceptors (Lipinski definition) is 4. The van der Waals surface area contributed by atoms with E-state index in [0.29, 0.717) is 26.0 Å². The molecule has 1 atom stereocenters. The number of rotatable bonds is 7. The third-order valence-electron chi connectivity index (χ3n) is 2.12. The molecule has 0 aliphatic heterocycles. The van der Waals surface area contributed by atoms with E-state index in [-0.39, 0.29) is 5.91 Å².